The van der Waals surface area contributed by atoms with Crippen molar-refractivity contribution in [3.05, 3.63) is 57.2 Å². The number of para-hydroxylation sites is 1. The van der Waals surface area contributed by atoms with Crippen LogP contribution in [0.4, 0.5) is 5.69 Å². The van der Waals surface area contributed by atoms with Gasteiger partial charge in [0.1, 0.15) is 11.4 Å². The summed E-state index contributed by atoms with van der Waals surface area (Å²) in [6.07, 6.45) is 0.938. The van der Waals surface area contributed by atoms with Crippen molar-refractivity contribution in [1.82, 2.24) is 5.32 Å². The third-order valence-electron chi connectivity index (χ3n) is 4.18. The second-order valence-electron chi connectivity index (χ2n) is 5.72. The summed E-state index contributed by atoms with van der Waals surface area (Å²) in [5.74, 6) is 0. The molecule has 2 unspecified atom stereocenters. The molecule has 24 heavy (non-hydrogen) atoms. The van der Waals surface area contributed by atoms with Crippen LogP contribution < -0.4 is 9.62 Å². The van der Waals surface area contributed by atoms with Crippen LogP contribution in [-0.4, -0.2) is 31.9 Å². The van der Waals surface area contributed by atoms with E-state index < -0.39 is 11.4 Å². The van der Waals surface area contributed by atoms with Gasteiger partial charge >= 0.3 is 0 Å². The second-order valence-corrected chi connectivity index (χ2v) is 8.45. The number of rotatable bonds is 5. The lowest BCUT2D eigenvalue weighted by atomic mass is 9.97. The summed E-state index contributed by atoms with van der Waals surface area (Å²) < 4.78 is 21.2. The van der Waals surface area contributed by atoms with Crippen LogP contribution in [0.1, 0.15) is 23.6 Å². The fourth-order valence-corrected chi connectivity index (χ4v) is 4.96. The SMILES string of the molecule is COCCCNC1c2ccccc2N(C)[S+]([O-])c2cc(I)ccc21. The maximum atomic E-state index is 13.1. The molecule has 1 heterocycles. The molecule has 0 aromatic heterocycles. The van der Waals surface area contributed by atoms with Crippen molar-refractivity contribution in [2.45, 2.75) is 17.4 Å². The molecule has 1 N–H and O–H groups in total. The zero-order valence-corrected chi connectivity index (χ0v) is 16.8. The summed E-state index contributed by atoms with van der Waals surface area (Å²) in [7, 11) is 3.61. The fraction of sp³-hybridized carbons (Fsp3) is 0.333. The number of halogens is 1. The first kappa shape index (κ1) is 18.0. The quantitative estimate of drug-likeness (QED) is 0.425. The van der Waals surface area contributed by atoms with Crippen molar-refractivity contribution >= 4 is 39.6 Å². The van der Waals surface area contributed by atoms with Gasteiger partial charge in [-0.3, -0.25) is 0 Å². The summed E-state index contributed by atoms with van der Waals surface area (Å²) in [4.78, 5) is 0.879. The summed E-state index contributed by atoms with van der Waals surface area (Å²) in [5, 5.41) is 3.63. The lowest BCUT2D eigenvalue weighted by molar-refractivity contribution is 0.193. The monoisotopic (exact) mass is 456 g/mol. The van der Waals surface area contributed by atoms with Crippen molar-refractivity contribution in [1.29, 1.82) is 0 Å². The van der Waals surface area contributed by atoms with Crippen LogP contribution in [0.25, 0.3) is 0 Å². The molecule has 2 atom stereocenters. The average molecular weight is 456 g/mol. The lowest BCUT2D eigenvalue weighted by Crippen LogP contribution is -2.26. The Bertz CT molecular complexity index is 713. The van der Waals surface area contributed by atoms with E-state index in [1.165, 1.54) is 0 Å². The van der Waals surface area contributed by atoms with Crippen LogP contribution >= 0.6 is 22.6 Å². The summed E-state index contributed by atoms with van der Waals surface area (Å²) in [6, 6.07) is 14.4. The standard InChI is InChI=1S/C18H21IN2O2S/c1-21-16-7-4-3-6-14(16)18(20-10-5-11-23-2)15-9-8-13(19)12-17(15)24(21)22/h3-4,6-9,12,18,20H,5,10-11H2,1-2H3. The minimum atomic E-state index is -1.21. The van der Waals surface area contributed by atoms with E-state index in [4.69, 9.17) is 4.74 Å². The maximum Gasteiger partial charge on any atom is 0.186 e. The fourth-order valence-electron chi connectivity index (χ4n) is 3.00. The Labute approximate surface area is 160 Å². The number of anilines is 1. The van der Waals surface area contributed by atoms with E-state index in [1.54, 1.807) is 7.11 Å². The molecule has 0 saturated carbocycles. The smallest absolute Gasteiger partial charge is 0.186 e. The van der Waals surface area contributed by atoms with Crippen LogP contribution in [0, 0.1) is 3.57 Å². The Balaban J connectivity index is 2.05. The predicted octanol–water partition coefficient (Wildman–Crippen LogP) is 3.48. The molecule has 2 aromatic rings. The molecule has 0 spiro atoms. The Morgan fingerprint density at radius 3 is 2.83 bits per heavy atom. The van der Waals surface area contributed by atoms with E-state index in [0.29, 0.717) is 0 Å². The van der Waals surface area contributed by atoms with Gasteiger partial charge in [-0.05, 0) is 47.7 Å². The molecular weight excluding hydrogens is 435 g/mol. The number of benzene rings is 2. The molecular formula is C18H21IN2O2S. The minimum absolute atomic E-state index is 0.0268. The lowest BCUT2D eigenvalue weighted by Gasteiger charge is -2.21. The minimum Gasteiger partial charge on any atom is -0.588 e. The number of ether oxygens (including phenoxy) is 1. The molecule has 128 valence electrons. The molecule has 1 aliphatic rings. The van der Waals surface area contributed by atoms with Crippen molar-refractivity contribution < 1.29 is 9.29 Å². The van der Waals surface area contributed by atoms with Gasteiger partial charge in [-0.1, -0.05) is 24.3 Å². The highest BCUT2D eigenvalue weighted by atomic mass is 127. The van der Waals surface area contributed by atoms with Crippen molar-refractivity contribution in [2.24, 2.45) is 0 Å². The number of hydrogen-bond acceptors (Lipinski definition) is 4. The van der Waals surface area contributed by atoms with E-state index in [-0.39, 0.29) is 6.04 Å². The average Bonchev–Trinajstić information content (AvgIpc) is 2.68. The zero-order chi connectivity index (χ0) is 17.1. The Hall–Kier alpha value is -0.800. The molecule has 6 heteroatoms. The third kappa shape index (κ3) is 3.57. The first-order valence-corrected chi connectivity index (χ1v) is 10.1. The third-order valence-corrected chi connectivity index (χ3v) is 6.28. The molecule has 0 amide bonds. The van der Waals surface area contributed by atoms with E-state index in [9.17, 15) is 4.55 Å². The van der Waals surface area contributed by atoms with Gasteiger partial charge in [0.05, 0.1) is 18.8 Å². The van der Waals surface area contributed by atoms with Crippen LogP contribution in [0.2, 0.25) is 0 Å². The van der Waals surface area contributed by atoms with E-state index >= 15 is 0 Å². The van der Waals surface area contributed by atoms with Crippen molar-refractivity contribution in [3.8, 4) is 0 Å². The van der Waals surface area contributed by atoms with E-state index in [1.807, 2.05) is 35.6 Å². The Kier molecular flexibility index (Phi) is 6.04. The van der Waals surface area contributed by atoms with Gasteiger partial charge < -0.3 is 14.6 Å². The summed E-state index contributed by atoms with van der Waals surface area (Å²) in [6.45, 7) is 1.57. The summed E-state index contributed by atoms with van der Waals surface area (Å²) >= 11 is 1.06. The molecule has 4 nitrogen and oxygen atoms in total. The zero-order valence-electron chi connectivity index (χ0n) is 13.8. The first-order valence-electron chi connectivity index (χ1n) is 7.90. The van der Waals surface area contributed by atoms with Gasteiger partial charge in [-0.15, -0.1) is 0 Å². The van der Waals surface area contributed by atoms with Crippen LogP contribution in [0.5, 0.6) is 0 Å². The van der Waals surface area contributed by atoms with Crippen LogP contribution in [0.3, 0.4) is 0 Å². The van der Waals surface area contributed by atoms with Gasteiger partial charge in [0.2, 0.25) is 0 Å². The second kappa shape index (κ2) is 8.05. The molecule has 3 rings (SSSR count). The van der Waals surface area contributed by atoms with Gasteiger partial charge in [-0.2, -0.15) is 4.31 Å². The molecule has 0 bridgehead atoms. The molecule has 1 aliphatic heterocycles. The highest BCUT2D eigenvalue weighted by Gasteiger charge is 2.34. The largest absolute Gasteiger partial charge is 0.588 e. The maximum absolute atomic E-state index is 13.1. The number of hydrogen-bond donors (Lipinski definition) is 1. The highest BCUT2D eigenvalue weighted by Crippen LogP contribution is 2.40. The molecule has 0 aliphatic carbocycles. The van der Waals surface area contributed by atoms with Gasteiger partial charge in [-0.25, -0.2) is 0 Å². The number of methoxy groups -OCH3 is 1. The topological polar surface area (TPSA) is 47.6 Å². The number of nitrogens with one attached hydrogen (secondary N) is 1. The van der Waals surface area contributed by atoms with Crippen LogP contribution in [0.15, 0.2) is 47.4 Å². The van der Waals surface area contributed by atoms with Gasteiger partial charge in [0.25, 0.3) is 0 Å². The molecule has 2 aromatic carbocycles. The van der Waals surface area contributed by atoms with E-state index in [2.05, 4.69) is 46.1 Å². The predicted molar refractivity (Wildman–Crippen MR) is 107 cm³/mol. The number of fused-ring (bicyclic) bond motifs is 2. The highest BCUT2D eigenvalue weighted by molar-refractivity contribution is 14.1. The van der Waals surface area contributed by atoms with Crippen molar-refractivity contribution in [3.63, 3.8) is 0 Å². The van der Waals surface area contributed by atoms with Gasteiger partial charge in [0.15, 0.2) is 4.90 Å². The van der Waals surface area contributed by atoms with Crippen LogP contribution in [-0.2, 0) is 16.1 Å². The summed E-state index contributed by atoms with van der Waals surface area (Å²) in [5.41, 5.74) is 3.25. The number of nitrogens with zero attached hydrogens (tertiary/aromatic N) is 1. The normalized spacial score (nSPS) is 19.6. The van der Waals surface area contributed by atoms with Gasteiger partial charge in [0, 0.05) is 34.5 Å². The van der Waals surface area contributed by atoms with E-state index in [0.717, 1.165) is 44.9 Å². The Morgan fingerprint density at radius 1 is 1.25 bits per heavy atom. The molecule has 0 radical (unpaired) electrons. The Morgan fingerprint density at radius 2 is 2.04 bits per heavy atom. The molecule has 0 saturated heterocycles. The van der Waals surface area contributed by atoms with Crippen molar-refractivity contribution in [2.75, 3.05) is 31.6 Å². The first-order chi connectivity index (χ1) is 11.6. The molecule has 0 fully saturated rings.